The Morgan fingerprint density at radius 2 is 2.04 bits per heavy atom. The number of alkyl halides is 3. The van der Waals surface area contributed by atoms with E-state index in [9.17, 15) is 27.2 Å². The number of carbonyl (C=O) groups excluding carboxylic acids is 2. The molecule has 2 unspecified atom stereocenters. The summed E-state index contributed by atoms with van der Waals surface area (Å²) in [4.78, 5) is 25.8. The second-order valence-corrected chi connectivity index (χ2v) is 6.74. The highest BCUT2D eigenvalue weighted by Crippen LogP contribution is 2.29. The predicted octanol–water partition coefficient (Wildman–Crippen LogP) is 3.39. The van der Waals surface area contributed by atoms with Gasteiger partial charge < -0.3 is 10.2 Å². The van der Waals surface area contributed by atoms with E-state index in [2.05, 4.69) is 15.9 Å². The van der Waals surface area contributed by atoms with Crippen LogP contribution in [0.5, 0.6) is 0 Å². The van der Waals surface area contributed by atoms with Gasteiger partial charge in [0.2, 0.25) is 11.8 Å². The van der Waals surface area contributed by atoms with Gasteiger partial charge in [0.25, 0.3) is 0 Å². The molecule has 0 radical (unpaired) electrons. The van der Waals surface area contributed by atoms with Gasteiger partial charge >= 0.3 is 6.18 Å². The zero-order chi connectivity index (χ0) is 18.8. The summed E-state index contributed by atoms with van der Waals surface area (Å²) in [5.74, 6) is -3.22. The fourth-order valence-electron chi connectivity index (χ4n) is 2.73. The number of carbonyl (C=O) groups is 2. The number of benzene rings is 1. The van der Waals surface area contributed by atoms with Gasteiger partial charge in [-0.2, -0.15) is 13.2 Å². The van der Waals surface area contributed by atoms with Crippen LogP contribution in [0.2, 0.25) is 0 Å². The van der Waals surface area contributed by atoms with Crippen molar-refractivity contribution in [3.05, 3.63) is 34.1 Å². The normalized spacial score (nSPS) is 21.0. The third-order valence-corrected chi connectivity index (χ3v) is 4.63. The average molecular weight is 425 g/mol. The highest BCUT2D eigenvalue weighted by atomic mass is 79.9. The van der Waals surface area contributed by atoms with E-state index >= 15 is 0 Å². The lowest BCUT2D eigenvalue weighted by atomic mass is 9.92. The largest absolute Gasteiger partial charge is 0.408 e. The van der Waals surface area contributed by atoms with Crippen LogP contribution in [0, 0.1) is 11.7 Å². The standard InChI is InChI=1S/C16H17BrF4N2O2/c1-2-23(8-9-7-10(17)3-5-12(9)18)15(25)11-4-6-13(16(19,20)21)22-14(11)24/h3,5,7,11,13H,2,4,6,8H2,1H3,(H,22,24). The Balaban J connectivity index is 2.10. The monoisotopic (exact) mass is 424 g/mol. The zero-order valence-electron chi connectivity index (χ0n) is 13.4. The number of halogens is 5. The number of hydrogen-bond acceptors (Lipinski definition) is 2. The molecule has 4 nitrogen and oxygen atoms in total. The van der Waals surface area contributed by atoms with Gasteiger partial charge in [-0.1, -0.05) is 15.9 Å². The number of piperidine rings is 1. The SMILES string of the molecule is CCN(Cc1cc(Br)ccc1F)C(=O)C1CCC(C(F)(F)F)NC1=O. The maximum atomic E-state index is 13.9. The second kappa shape index (κ2) is 7.72. The molecule has 9 heteroatoms. The van der Waals surface area contributed by atoms with E-state index < -0.39 is 35.8 Å². The van der Waals surface area contributed by atoms with E-state index in [4.69, 9.17) is 0 Å². The Morgan fingerprint density at radius 3 is 2.60 bits per heavy atom. The highest BCUT2D eigenvalue weighted by molar-refractivity contribution is 9.10. The molecule has 2 amide bonds. The molecule has 2 rings (SSSR count). The van der Waals surface area contributed by atoms with Crippen molar-refractivity contribution < 1.29 is 27.2 Å². The first kappa shape index (κ1) is 19.7. The molecule has 0 aliphatic carbocycles. The summed E-state index contributed by atoms with van der Waals surface area (Å²) in [6, 6.07) is 2.36. The van der Waals surface area contributed by atoms with E-state index in [1.54, 1.807) is 6.92 Å². The molecular formula is C16H17BrF4N2O2. The topological polar surface area (TPSA) is 49.4 Å². The third kappa shape index (κ3) is 4.71. The summed E-state index contributed by atoms with van der Waals surface area (Å²) in [6.07, 6.45) is -5.08. The van der Waals surface area contributed by atoms with Crippen LogP contribution in [0.1, 0.15) is 25.3 Å². The van der Waals surface area contributed by atoms with Crippen LogP contribution in [0.3, 0.4) is 0 Å². The molecule has 1 N–H and O–H groups in total. The second-order valence-electron chi connectivity index (χ2n) is 5.82. The molecule has 0 aromatic heterocycles. The molecule has 0 spiro atoms. The number of rotatable bonds is 4. The molecular weight excluding hydrogens is 408 g/mol. The zero-order valence-corrected chi connectivity index (χ0v) is 15.0. The molecule has 2 atom stereocenters. The lowest BCUT2D eigenvalue weighted by Gasteiger charge is -2.32. The van der Waals surface area contributed by atoms with Crippen LogP contribution < -0.4 is 5.32 Å². The van der Waals surface area contributed by atoms with Crippen LogP contribution >= 0.6 is 15.9 Å². The Morgan fingerprint density at radius 1 is 1.36 bits per heavy atom. The molecule has 1 aromatic carbocycles. The molecule has 1 aromatic rings. The van der Waals surface area contributed by atoms with Crippen LogP contribution in [-0.4, -0.2) is 35.5 Å². The maximum Gasteiger partial charge on any atom is 0.408 e. The number of nitrogens with zero attached hydrogens (tertiary/aromatic N) is 1. The van der Waals surface area contributed by atoms with Gasteiger partial charge in [-0.25, -0.2) is 4.39 Å². The third-order valence-electron chi connectivity index (χ3n) is 4.13. The molecule has 1 aliphatic rings. The molecule has 25 heavy (non-hydrogen) atoms. The first-order chi connectivity index (χ1) is 11.6. The summed E-state index contributed by atoms with van der Waals surface area (Å²) in [7, 11) is 0. The summed E-state index contributed by atoms with van der Waals surface area (Å²) >= 11 is 3.22. The van der Waals surface area contributed by atoms with Crippen molar-refractivity contribution in [2.45, 2.75) is 38.5 Å². The molecule has 1 saturated heterocycles. The van der Waals surface area contributed by atoms with Gasteiger partial charge in [0.15, 0.2) is 0 Å². The summed E-state index contributed by atoms with van der Waals surface area (Å²) in [5, 5.41) is 1.86. The van der Waals surface area contributed by atoms with Crippen LogP contribution in [0.15, 0.2) is 22.7 Å². The van der Waals surface area contributed by atoms with Gasteiger partial charge in [0.1, 0.15) is 17.8 Å². The van der Waals surface area contributed by atoms with E-state index in [1.165, 1.54) is 23.1 Å². The quantitative estimate of drug-likeness (QED) is 0.594. The Kier molecular flexibility index (Phi) is 6.08. The van der Waals surface area contributed by atoms with Crippen molar-refractivity contribution in [1.82, 2.24) is 10.2 Å². The van der Waals surface area contributed by atoms with E-state index in [0.29, 0.717) is 4.47 Å². The smallest absolute Gasteiger partial charge is 0.344 e. The first-order valence-electron chi connectivity index (χ1n) is 7.73. The fraction of sp³-hybridized carbons (Fsp3) is 0.500. The molecule has 138 valence electrons. The molecule has 1 heterocycles. The fourth-order valence-corrected chi connectivity index (χ4v) is 3.13. The van der Waals surface area contributed by atoms with Crippen molar-refractivity contribution in [3.63, 3.8) is 0 Å². The molecule has 1 aliphatic heterocycles. The number of hydrogen-bond donors (Lipinski definition) is 1. The minimum Gasteiger partial charge on any atom is -0.344 e. The van der Waals surface area contributed by atoms with Gasteiger partial charge in [-0.05, 0) is 38.0 Å². The predicted molar refractivity (Wildman–Crippen MR) is 85.9 cm³/mol. The minimum absolute atomic E-state index is 0.0624. The van der Waals surface area contributed by atoms with Crippen molar-refractivity contribution in [3.8, 4) is 0 Å². The van der Waals surface area contributed by atoms with Crippen molar-refractivity contribution in [2.75, 3.05) is 6.54 Å². The van der Waals surface area contributed by atoms with E-state index in [-0.39, 0.29) is 31.5 Å². The Hall–Kier alpha value is -1.64. The average Bonchev–Trinajstić information content (AvgIpc) is 2.54. The maximum absolute atomic E-state index is 13.9. The van der Waals surface area contributed by atoms with Crippen molar-refractivity contribution in [1.29, 1.82) is 0 Å². The van der Waals surface area contributed by atoms with Crippen LogP contribution in [0.25, 0.3) is 0 Å². The summed E-state index contributed by atoms with van der Waals surface area (Å²) < 4.78 is 52.5. The van der Waals surface area contributed by atoms with E-state index in [0.717, 1.165) is 0 Å². The van der Waals surface area contributed by atoms with Gasteiger partial charge in [-0.3, -0.25) is 9.59 Å². The van der Waals surface area contributed by atoms with Gasteiger partial charge in [0.05, 0.1) is 0 Å². The van der Waals surface area contributed by atoms with Gasteiger partial charge in [-0.15, -0.1) is 0 Å². The Bertz CT molecular complexity index is 666. The molecule has 0 saturated carbocycles. The number of nitrogens with one attached hydrogen (secondary N) is 1. The van der Waals surface area contributed by atoms with Crippen LogP contribution in [-0.2, 0) is 16.1 Å². The van der Waals surface area contributed by atoms with Crippen LogP contribution in [0.4, 0.5) is 17.6 Å². The Labute approximate surface area is 150 Å². The summed E-state index contributed by atoms with van der Waals surface area (Å²) in [5.41, 5.74) is 0.258. The number of amides is 2. The van der Waals surface area contributed by atoms with Crippen molar-refractivity contribution >= 4 is 27.7 Å². The highest BCUT2D eigenvalue weighted by Gasteiger charge is 2.46. The minimum atomic E-state index is -4.53. The summed E-state index contributed by atoms with van der Waals surface area (Å²) in [6.45, 7) is 1.80. The van der Waals surface area contributed by atoms with E-state index in [1.807, 2.05) is 5.32 Å². The lowest BCUT2D eigenvalue weighted by molar-refractivity contribution is -0.172. The first-order valence-corrected chi connectivity index (χ1v) is 8.52. The van der Waals surface area contributed by atoms with Crippen molar-refractivity contribution in [2.24, 2.45) is 5.92 Å². The molecule has 0 bridgehead atoms. The lowest BCUT2D eigenvalue weighted by Crippen LogP contribution is -2.54. The van der Waals surface area contributed by atoms with Gasteiger partial charge in [0, 0.05) is 23.1 Å². The molecule has 1 fully saturated rings.